The van der Waals surface area contributed by atoms with Crippen LogP contribution in [0.2, 0.25) is 10.0 Å². The second-order valence-corrected chi connectivity index (χ2v) is 10.6. The van der Waals surface area contributed by atoms with Crippen molar-refractivity contribution in [1.82, 2.24) is 30.3 Å². The van der Waals surface area contributed by atoms with Gasteiger partial charge in [-0.25, -0.2) is 0 Å². The molecule has 2 aromatic carbocycles. The highest BCUT2D eigenvalue weighted by molar-refractivity contribution is 6.31. The maximum atomic E-state index is 13.0. The third-order valence-corrected chi connectivity index (χ3v) is 7.41. The van der Waals surface area contributed by atoms with E-state index in [-0.39, 0.29) is 30.3 Å². The van der Waals surface area contributed by atoms with Crippen molar-refractivity contribution < 1.29 is 14.7 Å². The molecule has 0 saturated carbocycles. The fourth-order valence-electron chi connectivity index (χ4n) is 4.42. The zero-order chi connectivity index (χ0) is 29.7. The van der Waals surface area contributed by atoms with Gasteiger partial charge in [0, 0.05) is 41.9 Å². The first-order chi connectivity index (χ1) is 19.6. The molecule has 0 spiro atoms. The predicted molar refractivity (Wildman–Crippen MR) is 160 cm³/mol. The van der Waals surface area contributed by atoms with Gasteiger partial charge in [0.25, 0.3) is 11.5 Å². The maximum Gasteiger partial charge on any atom is 0.272 e. The Hall–Kier alpha value is -3.83. The number of likely N-dealkylation sites (N-methyl/N-ethyl adjacent to an activating group) is 2. The van der Waals surface area contributed by atoms with E-state index < -0.39 is 11.9 Å². The minimum atomic E-state index is -0.652. The first-order valence-electron chi connectivity index (χ1n) is 13.0. The molecule has 10 nitrogen and oxygen atoms in total. The van der Waals surface area contributed by atoms with Crippen LogP contribution in [0.25, 0.3) is 22.4 Å². The van der Waals surface area contributed by atoms with E-state index in [2.05, 4.69) is 20.5 Å². The number of carbonyl (C=O) groups is 2. The number of aromatic nitrogens is 3. The summed E-state index contributed by atoms with van der Waals surface area (Å²) in [5.74, 6) is -0.419. The number of aromatic amines is 3. The second-order valence-electron chi connectivity index (χ2n) is 9.78. The molecule has 41 heavy (non-hydrogen) atoms. The number of hydrogen-bond acceptors (Lipinski definition) is 5. The molecule has 1 atom stereocenters. The average molecular weight is 600 g/mol. The normalized spacial score (nSPS) is 12.0. The summed E-state index contributed by atoms with van der Waals surface area (Å²) in [4.78, 5) is 44.5. The SMILES string of the molecule is CCN(C)C(=O)CN(C)Cc1ccc(-c2c(-c3c[nH]c(C(=O)NC(CO)c4cccc(Cl)c4)c3)[nH][nH]c2=O)cc1Cl. The van der Waals surface area contributed by atoms with Crippen molar-refractivity contribution >= 4 is 35.0 Å². The maximum absolute atomic E-state index is 13.0. The van der Waals surface area contributed by atoms with Gasteiger partial charge < -0.3 is 20.3 Å². The summed E-state index contributed by atoms with van der Waals surface area (Å²) < 4.78 is 0. The van der Waals surface area contributed by atoms with Crippen LogP contribution in [0.4, 0.5) is 0 Å². The number of aliphatic hydroxyl groups excluding tert-OH is 1. The first kappa shape index (κ1) is 30.1. The van der Waals surface area contributed by atoms with Gasteiger partial charge in [0.05, 0.1) is 30.5 Å². The van der Waals surface area contributed by atoms with Gasteiger partial charge in [-0.05, 0) is 54.9 Å². The van der Waals surface area contributed by atoms with Gasteiger partial charge in [-0.2, -0.15) is 0 Å². The standard InChI is InChI=1S/C29H32Cl2N6O4/c1-4-37(3)25(39)15-36(2)14-19-9-8-18(11-22(19)31)26-27(34-35-29(26)41)20-12-23(32-13-20)28(40)33-24(16-38)17-6-5-7-21(30)10-17/h5-13,24,32,38H,4,14-16H2,1-3H3,(H,33,40)(H2,34,35,41). The summed E-state index contributed by atoms with van der Waals surface area (Å²) in [6.07, 6.45) is 1.61. The van der Waals surface area contributed by atoms with Gasteiger partial charge in [0.2, 0.25) is 5.91 Å². The van der Waals surface area contributed by atoms with Crippen molar-refractivity contribution in [2.75, 3.05) is 33.8 Å². The number of aliphatic hydroxyl groups is 1. The molecule has 0 saturated heterocycles. The van der Waals surface area contributed by atoms with Crippen molar-refractivity contribution in [2.24, 2.45) is 0 Å². The summed E-state index contributed by atoms with van der Waals surface area (Å²) in [5.41, 5.74) is 3.40. The van der Waals surface area contributed by atoms with E-state index in [1.54, 1.807) is 60.6 Å². The van der Waals surface area contributed by atoms with Gasteiger partial charge >= 0.3 is 0 Å². The van der Waals surface area contributed by atoms with Crippen molar-refractivity contribution in [3.8, 4) is 22.4 Å². The highest BCUT2D eigenvalue weighted by Gasteiger charge is 2.21. The van der Waals surface area contributed by atoms with E-state index in [9.17, 15) is 19.5 Å². The first-order valence-corrected chi connectivity index (χ1v) is 13.7. The van der Waals surface area contributed by atoms with E-state index >= 15 is 0 Å². The number of hydrogen-bond donors (Lipinski definition) is 5. The quantitative estimate of drug-likeness (QED) is 0.177. The summed E-state index contributed by atoms with van der Waals surface area (Å²) >= 11 is 12.7. The Kier molecular flexibility index (Phi) is 9.72. The Balaban J connectivity index is 1.52. The van der Waals surface area contributed by atoms with Crippen LogP contribution in [0, 0.1) is 0 Å². The number of carbonyl (C=O) groups excluding carboxylic acids is 2. The summed E-state index contributed by atoms with van der Waals surface area (Å²) in [6, 6.07) is 13.2. The lowest BCUT2D eigenvalue weighted by molar-refractivity contribution is -0.130. The van der Waals surface area contributed by atoms with Crippen LogP contribution in [0.15, 0.2) is 59.5 Å². The molecule has 2 aromatic heterocycles. The van der Waals surface area contributed by atoms with Crippen LogP contribution in [-0.4, -0.2) is 75.7 Å². The number of halogens is 2. The lowest BCUT2D eigenvalue weighted by atomic mass is 10.0. The number of nitrogens with zero attached hydrogens (tertiary/aromatic N) is 2. The Bertz CT molecular complexity index is 1590. The Labute approximate surface area is 247 Å². The van der Waals surface area contributed by atoms with E-state index in [4.69, 9.17) is 23.2 Å². The largest absolute Gasteiger partial charge is 0.394 e. The monoisotopic (exact) mass is 598 g/mol. The molecule has 5 N–H and O–H groups in total. The summed E-state index contributed by atoms with van der Waals surface area (Å²) in [7, 11) is 3.61. The predicted octanol–water partition coefficient (Wildman–Crippen LogP) is 4.05. The summed E-state index contributed by atoms with van der Waals surface area (Å²) in [5, 5.41) is 19.1. The third kappa shape index (κ3) is 7.09. The molecule has 0 aliphatic carbocycles. The highest BCUT2D eigenvalue weighted by atomic mass is 35.5. The molecule has 2 heterocycles. The lowest BCUT2D eigenvalue weighted by Gasteiger charge is -2.21. The van der Waals surface area contributed by atoms with Crippen LogP contribution >= 0.6 is 23.2 Å². The van der Waals surface area contributed by atoms with Crippen molar-refractivity contribution in [2.45, 2.75) is 19.5 Å². The number of H-pyrrole nitrogens is 3. The fourth-order valence-corrected chi connectivity index (χ4v) is 4.86. The van der Waals surface area contributed by atoms with Crippen LogP contribution in [0.1, 0.15) is 34.6 Å². The van der Waals surface area contributed by atoms with Crippen LogP contribution in [0.3, 0.4) is 0 Å². The third-order valence-electron chi connectivity index (χ3n) is 6.82. The lowest BCUT2D eigenvalue weighted by Crippen LogP contribution is -2.36. The van der Waals surface area contributed by atoms with Crippen molar-refractivity contribution in [1.29, 1.82) is 0 Å². The zero-order valence-electron chi connectivity index (χ0n) is 22.9. The van der Waals surface area contributed by atoms with Gasteiger partial charge in [0.1, 0.15) is 5.69 Å². The van der Waals surface area contributed by atoms with Crippen molar-refractivity contribution in [3.63, 3.8) is 0 Å². The smallest absolute Gasteiger partial charge is 0.272 e. The Morgan fingerprint density at radius 3 is 2.51 bits per heavy atom. The molecular formula is C29H32Cl2N6O4. The Morgan fingerprint density at radius 2 is 1.83 bits per heavy atom. The van der Waals surface area contributed by atoms with Crippen LogP contribution in [0.5, 0.6) is 0 Å². The molecule has 0 aliphatic heterocycles. The van der Waals surface area contributed by atoms with Gasteiger partial charge in [-0.3, -0.25) is 29.5 Å². The van der Waals surface area contributed by atoms with Gasteiger partial charge in [-0.1, -0.05) is 47.5 Å². The van der Waals surface area contributed by atoms with Gasteiger partial charge in [0.15, 0.2) is 0 Å². The fraction of sp³-hybridized carbons (Fsp3) is 0.276. The minimum absolute atomic E-state index is 0.0159. The molecule has 216 valence electrons. The molecule has 0 fully saturated rings. The molecule has 0 bridgehead atoms. The summed E-state index contributed by atoms with van der Waals surface area (Å²) in [6.45, 7) is 2.95. The number of amides is 2. The molecular weight excluding hydrogens is 567 g/mol. The molecule has 0 radical (unpaired) electrons. The topological polar surface area (TPSA) is 137 Å². The van der Waals surface area contributed by atoms with Crippen molar-refractivity contribution in [3.05, 3.63) is 91.9 Å². The molecule has 2 amide bonds. The van der Waals surface area contributed by atoms with E-state index in [0.717, 1.165) is 5.56 Å². The molecule has 4 aromatic rings. The minimum Gasteiger partial charge on any atom is -0.394 e. The second kappa shape index (κ2) is 13.2. The number of benzene rings is 2. The number of nitrogens with one attached hydrogen (secondary N) is 4. The molecule has 12 heteroatoms. The van der Waals surface area contributed by atoms with Gasteiger partial charge in [-0.15, -0.1) is 0 Å². The van der Waals surface area contributed by atoms with E-state index in [0.29, 0.717) is 51.1 Å². The van der Waals surface area contributed by atoms with Crippen LogP contribution in [-0.2, 0) is 11.3 Å². The van der Waals surface area contributed by atoms with E-state index in [1.807, 2.05) is 24.9 Å². The Morgan fingerprint density at radius 1 is 1.05 bits per heavy atom. The molecule has 4 rings (SSSR count). The number of rotatable bonds is 11. The van der Waals surface area contributed by atoms with E-state index in [1.165, 1.54) is 0 Å². The van der Waals surface area contributed by atoms with Crippen LogP contribution < -0.4 is 10.9 Å². The molecule has 0 aliphatic rings. The average Bonchev–Trinajstić information content (AvgIpc) is 3.59. The molecule has 1 unspecified atom stereocenters. The highest BCUT2D eigenvalue weighted by Crippen LogP contribution is 2.31. The zero-order valence-corrected chi connectivity index (χ0v) is 24.4.